The second-order valence-electron chi connectivity index (χ2n) is 15.6. The number of benzene rings is 3. The quantitative estimate of drug-likeness (QED) is 0.153. The van der Waals surface area contributed by atoms with Crippen LogP contribution < -0.4 is 30.5 Å². The maximum absolute atomic E-state index is 13.8. The Bertz CT molecular complexity index is 2190. The van der Waals surface area contributed by atoms with Gasteiger partial charge in [-0.2, -0.15) is 18.4 Å². The van der Waals surface area contributed by atoms with Gasteiger partial charge in [0.15, 0.2) is 5.11 Å². The van der Waals surface area contributed by atoms with E-state index >= 15 is 0 Å². The molecule has 3 saturated heterocycles. The third-order valence-corrected chi connectivity index (χ3v) is 11.4. The number of carbonyl (C=O) groups excluding carboxylic acids is 4. The predicted molar refractivity (Wildman–Crippen MR) is 221 cm³/mol. The van der Waals surface area contributed by atoms with Gasteiger partial charge in [0.1, 0.15) is 23.9 Å². The smallest absolute Gasteiger partial charge is 0.417 e. The Morgan fingerprint density at radius 3 is 2.39 bits per heavy atom. The minimum absolute atomic E-state index is 0.0156. The summed E-state index contributed by atoms with van der Waals surface area (Å²) in [5.41, 5.74) is -0.291. The van der Waals surface area contributed by atoms with Gasteiger partial charge < -0.3 is 20.3 Å². The normalized spacial score (nSPS) is 21.3. The number of ether oxygens (including phenoxy) is 1. The summed E-state index contributed by atoms with van der Waals surface area (Å²) in [5.74, 6) is -0.654. The Hall–Kier alpha value is -5.57. The van der Waals surface area contributed by atoms with E-state index in [0.29, 0.717) is 55.3 Å². The predicted octanol–water partition coefficient (Wildman–Crippen LogP) is 5.69. The number of hydrogen-bond acceptors (Lipinski definition) is 10. The highest BCUT2D eigenvalue weighted by Crippen LogP contribution is 2.40. The number of piperazine rings is 1. The van der Waals surface area contributed by atoms with Crippen LogP contribution in [0.2, 0.25) is 0 Å². The fraction of sp³-hybridized carbons (Fsp3) is 0.429. The molecule has 3 aliphatic rings. The summed E-state index contributed by atoms with van der Waals surface area (Å²) in [6, 6.07) is 17.0. The van der Waals surface area contributed by atoms with Crippen LogP contribution in [0, 0.1) is 11.3 Å². The standard InChI is InChI=1S/C42H47F3N8O5S/c1-6-27-18-32(53-40(59)52(39(57)41(53,4)5)31-11-10-28(21-46)33(20-31)42(43,44)45)12-14-35(27)58-17-16-50-22-26(3)51(23-25(50)2)24-37(55)48-30-9-7-8-29(19-30)47-34-13-15-36(54)49-38(34)56/h7-12,14,18-20,25-26,34,47H,6,13,15-17,22-24H2,1-5H3,(H,48,55)(H,49,54,56)/t25-,26-,34?/m1/s1. The molecule has 3 aromatic carbocycles. The van der Waals surface area contributed by atoms with Crippen molar-refractivity contribution in [1.82, 2.24) is 15.1 Å². The maximum atomic E-state index is 13.8. The molecule has 3 aromatic rings. The maximum Gasteiger partial charge on any atom is 0.417 e. The molecular weight excluding hydrogens is 786 g/mol. The van der Waals surface area contributed by atoms with Crippen LogP contribution in [-0.2, 0) is 31.8 Å². The number of carbonyl (C=O) groups is 4. The number of anilines is 4. The van der Waals surface area contributed by atoms with Crippen molar-refractivity contribution < 1.29 is 37.1 Å². The van der Waals surface area contributed by atoms with Crippen molar-refractivity contribution in [3.63, 3.8) is 0 Å². The number of amides is 4. The average Bonchev–Trinajstić information content (AvgIpc) is 3.35. The molecule has 6 rings (SSSR count). The Morgan fingerprint density at radius 1 is 1.00 bits per heavy atom. The molecule has 3 fully saturated rings. The summed E-state index contributed by atoms with van der Waals surface area (Å²) in [6.07, 6.45) is -3.54. The van der Waals surface area contributed by atoms with Gasteiger partial charge in [-0.1, -0.05) is 13.0 Å². The van der Waals surface area contributed by atoms with E-state index in [4.69, 9.17) is 17.0 Å². The highest BCUT2D eigenvalue weighted by Gasteiger charge is 2.51. The number of nitriles is 1. The largest absolute Gasteiger partial charge is 0.492 e. The first-order chi connectivity index (χ1) is 27.9. The SMILES string of the molecule is CCc1cc(N2C(=S)N(c3ccc(C#N)c(C(F)(F)F)c3)C(=O)C2(C)C)ccc1OCCN1C[C@@H](C)N(CC(=O)Nc2cccc(NC3CCC(=O)NC3=O)c2)C[C@H]1C. The molecule has 3 heterocycles. The van der Waals surface area contributed by atoms with Crippen LogP contribution in [0.1, 0.15) is 64.2 Å². The first kappa shape index (κ1) is 43.0. The zero-order valence-electron chi connectivity index (χ0n) is 33.5. The summed E-state index contributed by atoms with van der Waals surface area (Å²) in [7, 11) is 0. The van der Waals surface area contributed by atoms with Gasteiger partial charge in [-0.15, -0.1) is 0 Å². The monoisotopic (exact) mass is 832 g/mol. The third kappa shape index (κ3) is 9.35. The van der Waals surface area contributed by atoms with Gasteiger partial charge in [0.2, 0.25) is 17.7 Å². The van der Waals surface area contributed by atoms with Gasteiger partial charge in [0.05, 0.1) is 29.4 Å². The van der Waals surface area contributed by atoms with E-state index in [1.54, 1.807) is 55.1 Å². The van der Waals surface area contributed by atoms with Crippen LogP contribution in [0.15, 0.2) is 60.7 Å². The van der Waals surface area contributed by atoms with Crippen molar-refractivity contribution in [2.75, 3.05) is 53.2 Å². The second-order valence-corrected chi connectivity index (χ2v) is 15.9. The first-order valence-corrected chi connectivity index (χ1v) is 19.9. The van der Waals surface area contributed by atoms with Gasteiger partial charge in [-0.25, -0.2) is 0 Å². The molecule has 0 saturated carbocycles. The highest BCUT2D eigenvalue weighted by molar-refractivity contribution is 7.81. The van der Waals surface area contributed by atoms with Crippen LogP contribution in [0.4, 0.5) is 35.9 Å². The number of thiocarbonyl (C=S) groups is 1. The molecule has 0 spiro atoms. The summed E-state index contributed by atoms with van der Waals surface area (Å²) in [6.45, 7) is 12.1. The lowest BCUT2D eigenvalue weighted by Crippen LogP contribution is -2.58. The topological polar surface area (TPSA) is 150 Å². The molecular formula is C42H47F3N8O5S. The fourth-order valence-electron chi connectivity index (χ4n) is 7.76. The molecule has 13 nitrogen and oxygen atoms in total. The number of nitrogens with zero attached hydrogens (tertiary/aromatic N) is 5. The van der Waals surface area contributed by atoms with E-state index < -0.39 is 34.8 Å². The molecule has 59 heavy (non-hydrogen) atoms. The lowest BCUT2D eigenvalue weighted by Gasteiger charge is -2.43. The molecule has 0 bridgehead atoms. The van der Waals surface area contributed by atoms with E-state index in [0.717, 1.165) is 29.1 Å². The molecule has 0 radical (unpaired) electrons. The molecule has 3 atom stereocenters. The zero-order valence-corrected chi connectivity index (χ0v) is 34.3. The second kappa shape index (κ2) is 17.3. The van der Waals surface area contributed by atoms with Crippen molar-refractivity contribution in [3.8, 4) is 11.8 Å². The average molecular weight is 833 g/mol. The van der Waals surface area contributed by atoms with Crippen LogP contribution in [0.5, 0.6) is 5.75 Å². The summed E-state index contributed by atoms with van der Waals surface area (Å²) in [5, 5.41) is 17.7. The Balaban J connectivity index is 1.03. The minimum Gasteiger partial charge on any atom is -0.492 e. The minimum atomic E-state index is -4.80. The number of halogens is 3. The fourth-order valence-corrected chi connectivity index (χ4v) is 8.28. The molecule has 0 aromatic heterocycles. The van der Waals surface area contributed by atoms with Gasteiger partial charge in [-0.3, -0.25) is 39.2 Å². The number of aryl methyl sites for hydroxylation is 1. The number of imide groups is 1. The molecule has 312 valence electrons. The van der Waals surface area contributed by atoms with E-state index in [9.17, 15) is 37.6 Å². The molecule has 4 amide bonds. The summed E-state index contributed by atoms with van der Waals surface area (Å²) >= 11 is 5.72. The van der Waals surface area contributed by atoms with Crippen molar-refractivity contribution in [2.24, 2.45) is 0 Å². The van der Waals surface area contributed by atoms with Crippen LogP contribution in [0.3, 0.4) is 0 Å². The van der Waals surface area contributed by atoms with Gasteiger partial charge in [0.25, 0.3) is 5.91 Å². The lowest BCUT2D eigenvalue weighted by atomic mass is 10.0. The number of nitrogens with one attached hydrogen (secondary N) is 3. The van der Waals surface area contributed by atoms with Gasteiger partial charge in [0, 0.05) is 55.2 Å². The van der Waals surface area contributed by atoms with Crippen molar-refractivity contribution in [1.29, 1.82) is 5.26 Å². The van der Waals surface area contributed by atoms with E-state index in [2.05, 4.69) is 39.6 Å². The first-order valence-electron chi connectivity index (χ1n) is 19.4. The van der Waals surface area contributed by atoms with Gasteiger partial charge in [-0.05, 0) is 113 Å². The van der Waals surface area contributed by atoms with Crippen LogP contribution in [-0.4, -0.2) is 95.0 Å². The summed E-state index contributed by atoms with van der Waals surface area (Å²) < 4.78 is 47.7. The Kier molecular flexibility index (Phi) is 12.6. The van der Waals surface area contributed by atoms with Crippen molar-refractivity contribution in [2.45, 2.75) is 83.7 Å². The van der Waals surface area contributed by atoms with Crippen molar-refractivity contribution in [3.05, 3.63) is 77.4 Å². The zero-order chi connectivity index (χ0) is 42.8. The van der Waals surface area contributed by atoms with E-state index in [1.165, 1.54) is 6.07 Å². The van der Waals surface area contributed by atoms with Gasteiger partial charge >= 0.3 is 6.18 Å². The lowest BCUT2D eigenvalue weighted by molar-refractivity contribution is -0.138. The summed E-state index contributed by atoms with van der Waals surface area (Å²) in [4.78, 5) is 57.7. The van der Waals surface area contributed by atoms with E-state index in [1.807, 2.05) is 19.1 Å². The Morgan fingerprint density at radius 2 is 1.69 bits per heavy atom. The molecule has 17 heteroatoms. The van der Waals surface area contributed by atoms with Crippen LogP contribution >= 0.6 is 12.2 Å². The molecule has 1 unspecified atom stereocenters. The molecule has 3 N–H and O–H groups in total. The number of rotatable bonds is 12. The number of piperidine rings is 1. The third-order valence-electron chi connectivity index (χ3n) is 11.0. The van der Waals surface area contributed by atoms with E-state index in [-0.39, 0.29) is 53.6 Å². The number of alkyl halides is 3. The molecule has 0 aliphatic carbocycles. The van der Waals surface area contributed by atoms with Crippen LogP contribution in [0.25, 0.3) is 0 Å². The van der Waals surface area contributed by atoms with Crippen molar-refractivity contribution >= 4 is 63.7 Å². The molecule has 3 aliphatic heterocycles. The number of hydrogen-bond donors (Lipinski definition) is 3. The Labute approximate surface area is 346 Å². The highest BCUT2D eigenvalue weighted by atomic mass is 32.1.